The lowest BCUT2D eigenvalue weighted by Gasteiger charge is -2.28. The van der Waals surface area contributed by atoms with Crippen LogP contribution in [0.1, 0.15) is 10.4 Å². The molecule has 0 aromatic heterocycles. The molecule has 0 radical (unpaired) electrons. The van der Waals surface area contributed by atoms with Crippen LogP contribution in [-0.4, -0.2) is 44.8 Å². The molecule has 1 aliphatic heterocycles. The number of ether oxygens (including phenoxy) is 2. The van der Waals surface area contributed by atoms with Gasteiger partial charge in [0.1, 0.15) is 0 Å². The Labute approximate surface area is 151 Å². The lowest BCUT2D eigenvalue weighted by atomic mass is 10.2. The highest BCUT2D eigenvalue weighted by molar-refractivity contribution is 5.98. The Morgan fingerprint density at radius 2 is 1.77 bits per heavy atom. The van der Waals surface area contributed by atoms with Gasteiger partial charge in [-0.3, -0.25) is 4.79 Å². The predicted molar refractivity (Wildman–Crippen MR) is 99.2 cm³/mol. The lowest BCUT2D eigenvalue weighted by molar-refractivity contribution is -0.119. The fourth-order valence-electron chi connectivity index (χ4n) is 2.67. The molecule has 1 amide bonds. The molecule has 0 saturated carbocycles. The molecule has 1 fully saturated rings. The van der Waals surface area contributed by atoms with Gasteiger partial charge >= 0.3 is 5.97 Å². The first kappa shape index (κ1) is 17.8. The molecule has 0 spiro atoms. The molecule has 26 heavy (non-hydrogen) atoms. The van der Waals surface area contributed by atoms with Gasteiger partial charge < -0.3 is 25.4 Å². The molecule has 3 N–H and O–H groups in total. The first-order valence-corrected chi connectivity index (χ1v) is 8.38. The zero-order chi connectivity index (χ0) is 18.4. The average molecular weight is 355 g/mol. The fraction of sp³-hybridized carbons (Fsp3) is 0.263. The minimum Gasteiger partial charge on any atom is -0.452 e. The molecular formula is C19H21N3O4. The zero-order valence-corrected chi connectivity index (χ0v) is 14.3. The van der Waals surface area contributed by atoms with Crippen LogP contribution in [-0.2, 0) is 14.3 Å². The van der Waals surface area contributed by atoms with Crippen LogP contribution in [0.4, 0.5) is 17.1 Å². The number of hydrogen-bond acceptors (Lipinski definition) is 6. The van der Waals surface area contributed by atoms with Crippen molar-refractivity contribution in [2.24, 2.45) is 0 Å². The summed E-state index contributed by atoms with van der Waals surface area (Å²) in [5.74, 6) is -1.03. The number of nitrogens with one attached hydrogen (secondary N) is 1. The number of carbonyl (C=O) groups excluding carboxylic acids is 2. The summed E-state index contributed by atoms with van der Waals surface area (Å²) in [5.41, 5.74) is 8.00. The second-order valence-corrected chi connectivity index (χ2v) is 5.86. The number of carbonyl (C=O) groups is 2. The van der Waals surface area contributed by atoms with Crippen LogP contribution in [0, 0.1) is 0 Å². The fourth-order valence-corrected chi connectivity index (χ4v) is 2.67. The van der Waals surface area contributed by atoms with Crippen molar-refractivity contribution in [1.29, 1.82) is 0 Å². The van der Waals surface area contributed by atoms with Crippen LogP contribution in [0.15, 0.2) is 48.5 Å². The highest BCUT2D eigenvalue weighted by Crippen LogP contribution is 2.19. The Bertz CT molecular complexity index is 771. The molecular weight excluding hydrogens is 334 g/mol. The molecule has 2 aromatic carbocycles. The molecule has 0 bridgehead atoms. The first-order chi connectivity index (χ1) is 12.6. The molecule has 1 saturated heterocycles. The Morgan fingerprint density at radius 1 is 1.08 bits per heavy atom. The van der Waals surface area contributed by atoms with Gasteiger partial charge in [0.25, 0.3) is 5.91 Å². The van der Waals surface area contributed by atoms with E-state index in [4.69, 9.17) is 15.2 Å². The van der Waals surface area contributed by atoms with Gasteiger partial charge in [-0.2, -0.15) is 0 Å². The summed E-state index contributed by atoms with van der Waals surface area (Å²) < 4.78 is 10.3. The van der Waals surface area contributed by atoms with Crippen molar-refractivity contribution in [2.75, 3.05) is 48.9 Å². The van der Waals surface area contributed by atoms with E-state index in [0.717, 1.165) is 32.0 Å². The Balaban J connectivity index is 1.50. The number of amides is 1. The number of para-hydroxylation sites is 1. The van der Waals surface area contributed by atoms with Crippen molar-refractivity contribution in [1.82, 2.24) is 0 Å². The summed E-state index contributed by atoms with van der Waals surface area (Å²) in [6.45, 7) is 2.76. The number of esters is 1. The SMILES string of the molecule is Nc1ccccc1C(=O)OCC(=O)Nc1ccc(N2CCOCC2)cc1. The second-order valence-electron chi connectivity index (χ2n) is 5.86. The number of hydrogen-bond donors (Lipinski definition) is 2. The Hall–Kier alpha value is -3.06. The van der Waals surface area contributed by atoms with Crippen LogP contribution in [0.3, 0.4) is 0 Å². The topological polar surface area (TPSA) is 93.9 Å². The quantitative estimate of drug-likeness (QED) is 0.628. The van der Waals surface area contributed by atoms with Crippen molar-refractivity contribution in [3.63, 3.8) is 0 Å². The number of morpholine rings is 1. The highest BCUT2D eigenvalue weighted by atomic mass is 16.5. The predicted octanol–water partition coefficient (Wildman–Crippen LogP) is 1.90. The number of nitrogens with two attached hydrogens (primary N) is 1. The zero-order valence-electron chi connectivity index (χ0n) is 14.3. The van der Waals surface area contributed by atoms with E-state index in [2.05, 4.69) is 10.2 Å². The summed E-state index contributed by atoms with van der Waals surface area (Å²) in [4.78, 5) is 26.1. The van der Waals surface area contributed by atoms with Gasteiger partial charge in [-0.1, -0.05) is 12.1 Å². The van der Waals surface area contributed by atoms with Gasteiger partial charge in [-0.25, -0.2) is 4.79 Å². The van der Waals surface area contributed by atoms with E-state index in [1.807, 2.05) is 24.3 Å². The van der Waals surface area contributed by atoms with Gasteiger partial charge in [-0.15, -0.1) is 0 Å². The van der Waals surface area contributed by atoms with E-state index >= 15 is 0 Å². The summed E-state index contributed by atoms with van der Waals surface area (Å²) >= 11 is 0. The molecule has 7 heteroatoms. The smallest absolute Gasteiger partial charge is 0.340 e. The van der Waals surface area contributed by atoms with Crippen LogP contribution in [0.5, 0.6) is 0 Å². The molecule has 1 heterocycles. The molecule has 0 atom stereocenters. The molecule has 3 rings (SSSR count). The van der Waals surface area contributed by atoms with E-state index in [-0.39, 0.29) is 12.2 Å². The summed E-state index contributed by atoms with van der Waals surface area (Å²) in [6.07, 6.45) is 0. The third kappa shape index (κ3) is 4.52. The van der Waals surface area contributed by atoms with E-state index in [1.165, 1.54) is 0 Å². The number of anilines is 3. The summed E-state index contributed by atoms with van der Waals surface area (Å²) in [6, 6.07) is 14.1. The average Bonchev–Trinajstić information content (AvgIpc) is 2.68. The Kier molecular flexibility index (Phi) is 5.70. The van der Waals surface area contributed by atoms with E-state index < -0.39 is 11.9 Å². The monoisotopic (exact) mass is 355 g/mol. The maximum Gasteiger partial charge on any atom is 0.340 e. The molecule has 136 valence electrons. The van der Waals surface area contributed by atoms with E-state index in [9.17, 15) is 9.59 Å². The van der Waals surface area contributed by atoms with Crippen molar-refractivity contribution >= 4 is 28.9 Å². The standard InChI is InChI=1S/C19H21N3O4/c20-17-4-2-1-3-16(17)19(24)26-13-18(23)21-14-5-7-15(8-6-14)22-9-11-25-12-10-22/h1-8H,9-13,20H2,(H,21,23). The van der Waals surface area contributed by atoms with Crippen molar-refractivity contribution in [3.05, 3.63) is 54.1 Å². The molecule has 2 aromatic rings. The number of benzene rings is 2. The molecule has 1 aliphatic rings. The van der Waals surface area contributed by atoms with Gasteiger partial charge in [0.05, 0.1) is 18.8 Å². The minimum atomic E-state index is -0.624. The normalized spacial score (nSPS) is 13.9. The first-order valence-electron chi connectivity index (χ1n) is 8.38. The summed E-state index contributed by atoms with van der Waals surface area (Å²) in [7, 11) is 0. The number of rotatable bonds is 5. The van der Waals surface area contributed by atoms with Crippen LogP contribution >= 0.6 is 0 Å². The van der Waals surface area contributed by atoms with Gasteiger partial charge in [0.2, 0.25) is 0 Å². The molecule has 7 nitrogen and oxygen atoms in total. The van der Waals surface area contributed by atoms with Gasteiger partial charge in [-0.05, 0) is 36.4 Å². The van der Waals surface area contributed by atoms with Crippen LogP contribution in [0.2, 0.25) is 0 Å². The van der Waals surface area contributed by atoms with Gasteiger partial charge in [0, 0.05) is 30.2 Å². The molecule has 0 unspecified atom stereocenters. The third-order valence-electron chi connectivity index (χ3n) is 4.04. The van der Waals surface area contributed by atoms with Crippen molar-refractivity contribution in [3.8, 4) is 0 Å². The van der Waals surface area contributed by atoms with E-state index in [1.54, 1.807) is 24.3 Å². The second kappa shape index (κ2) is 8.35. The maximum atomic E-state index is 12.0. The van der Waals surface area contributed by atoms with Crippen molar-refractivity contribution in [2.45, 2.75) is 0 Å². The maximum absolute atomic E-state index is 12.0. The summed E-state index contributed by atoms with van der Waals surface area (Å²) in [5, 5.41) is 2.70. The number of nitrogens with zero attached hydrogens (tertiary/aromatic N) is 1. The van der Waals surface area contributed by atoms with Crippen LogP contribution in [0.25, 0.3) is 0 Å². The third-order valence-corrected chi connectivity index (χ3v) is 4.04. The van der Waals surface area contributed by atoms with Gasteiger partial charge in [0.15, 0.2) is 6.61 Å². The van der Waals surface area contributed by atoms with E-state index in [0.29, 0.717) is 11.4 Å². The lowest BCUT2D eigenvalue weighted by Crippen LogP contribution is -2.36. The largest absolute Gasteiger partial charge is 0.452 e. The van der Waals surface area contributed by atoms with Crippen molar-refractivity contribution < 1.29 is 19.1 Å². The minimum absolute atomic E-state index is 0.246. The van der Waals surface area contributed by atoms with Crippen LogP contribution < -0.4 is 16.0 Å². The highest BCUT2D eigenvalue weighted by Gasteiger charge is 2.14. The number of nitrogen functional groups attached to an aromatic ring is 1. The Morgan fingerprint density at radius 3 is 2.46 bits per heavy atom. The molecule has 0 aliphatic carbocycles.